The second-order valence-corrected chi connectivity index (χ2v) is 21.8. The van der Waals surface area contributed by atoms with Crippen LogP contribution in [0, 0.1) is 0 Å². The van der Waals surface area contributed by atoms with Gasteiger partial charge < -0.3 is 71.4 Å². The molecule has 3 aliphatic rings. The lowest BCUT2D eigenvalue weighted by atomic mass is 9.94. The number of aliphatic hydroxyl groups is 1. The molecule has 3 saturated heterocycles. The monoisotopic (exact) mass is 1270 g/mol. The number of aliphatic hydroxyl groups excluding tert-OH is 1. The minimum atomic E-state index is -1.89. The average molecular weight is 1270 g/mol. The van der Waals surface area contributed by atoms with Crippen LogP contribution >= 0.6 is 0 Å². The van der Waals surface area contributed by atoms with Crippen molar-refractivity contribution in [2.24, 2.45) is 10.2 Å². The van der Waals surface area contributed by atoms with Crippen molar-refractivity contribution in [3.05, 3.63) is 266 Å². The number of methoxy groups -OCH3 is 2. The summed E-state index contributed by atoms with van der Waals surface area (Å²) in [7, 11) is 2.67. The van der Waals surface area contributed by atoms with Crippen LogP contribution in [-0.4, -0.2) is 142 Å². The zero-order valence-electron chi connectivity index (χ0n) is 50.8. The van der Waals surface area contributed by atoms with E-state index in [-0.39, 0.29) is 50.8 Å². The topological polar surface area (TPSA) is 298 Å². The largest absolute Gasteiger partial charge is 0.497 e. The number of azide groups is 2. The molecule has 7 aromatic rings. The molecule has 7 aromatic carbocycles. The summed E-state index contributed by atoms with van der Waals surface area (Å²) in [5.74, 6) is -1.99. The molecular weight excluding hydrogens is 1200 g/mol. The van der Waals surface area contributed by atoms with Gasteiger partial charge in [-0.3, -0.25) is 0 Å². The third-order valence-corrected chi connectivity index (χ3v) is 15.6. The highest BCUT2D eigenvalue weighted by Crippen LogP contribution is 2.39. The third kappa shape index (κ3) is 18.0. The molecule has 0 spiro atoms. The van der Waals surface area contributed by atoms with Gasteiger partial charge in [-0.15, -0.1) is 0 Å². The number of benzene rings is 7. The van der Waals surface area contributed by atoms with Gasteiger partial charge in [0.25, 0.3) is 0 Å². The van der Waals surface area contributed by atoms with Gasteiger partial charge in [0.1, 0.15) is 79.4 Å². The molecule has 0 aliphatic carbocycles. The zero-order chi connectivity index (χ0) is 64.7. The maximum atomic E-state index is 14.9. The van der Waals surface area contributed by atoms with E-state index >= 15 is 0 Å². The van der Waals surface area contributed by atoms with E-state index < -0.39 is 117 Å². The van der Waals surface area contributed by atoms with E-state index in [9.17, 15) is 30.6 Å². The molecule has 3 aliphatic heterocycles. The van der Waals surface area contributed by atoms with Crippen molar-refractivity contribution in [1.82, 2.24) is 0 Å². The van der Waals surface area contributed by atoms with Gasteiger partial charge in [0.15, 0.2) is 25.0 Å². The minimum absolute atomic E-state index is 0.00633. The molecule has 10 rings (SSSR count). The van der Waals surface area contributed by atoms with E-state index in [4.69, 9.17) is 66.3 Å². The number of carbonyl (C=O) groups excluding carboxylic acids is 3. The van der Waals surface area contributed by atoms with E-state index in [1.807, 2.05) is 121 Å². The van der Waals surface area contributed by atoms with E-state index in [0.717, 1.165) is 23.8 Å². The summed E-state index contributed by atoms with van der Waals surface area (Å²) in [4.78, 5) is 49.2. The Kier molecular flexibility index (Phi) is 24.4. The van der Waals surface area contributed by atoms with Crippen molar-refractivity contribution in [3.8, 4) is 5.75 Å². The SMILES string of the molecule is COC(=O)C1O[C@@H](O[C@H]2C(COCc3ccc(OC)cc3)OC(O)C(N=[N+]=[N-])[C@H]2OC(=O)c2ccccc2)C(OCc2ccccc2)[C@@H](OCc2ccccc2)[C@H]1O[C@@H]1OC(COC(=O)c2ccccc2)[C@H](OCc2ccccc2)[C@H](OCc2ccccc2)C1N=[N+]=[N-]. The average Bonchev–Trinajstić information content (AvgIpc) is 0.846. The highest BCUT2D eigenvalue weighted by Gasteiger charge is 2.58. The summed E-state index contributed by atoms with van der Waals surface area (Å²) < 4.78 is 90.9. The Hall–Kier alpha value is -9.07. The van der Waals surface area contributed by atoms with Crippen LogP contribution < -0.4 is 4.74 Å². The third-order valence-electron chi connectivity index (χ3n) is 15.6. The van der Waals surface area contributed by atoms with Crippen LogP contribution in [0.25, 0.3) is 20.9 Å². The lowest BCUT2D eigenvalue weighted by Gasteiger charge is -2.50. The maximum Gasteiger partial charge on any atom is 0.338 e. The second-order valence-electron chi connectivity index (χ2n) is 21.8. The minimum Gasteiger partial charge on any atom is -0.497 e. The lowest BCUT2D eigenvalue weighted by molar-refractivity contribution is -0.371. The fraction of sp³-hybridized carbons (Fsp3) is 0.348. The van der Waals surface area contributed by atoms with Crippen LogP contribution in [0.15, 0.2) is 216 Å². The molecule has 15 atom stereocenters. The Morgan fingerprint density at radius 2 is 0.903 bits per heavy atom. The Balaban J connectivity index is 1.07. The molecule has 7 unspecified atom stereocenters. The number of nitrogens with zero attached hydrogens (tertiary/aromatic N) is 6. The number of hydrogen-bond donors (Lipinski definition) is 1. The molecule has 0 amide bonds. The second kappa shape index (κ2) is 34.0. The molecule has 93 heavy (non-hydrogen) atoms. The first-order valence-corrected chi connectivity index (χ1v) is 30.0. The van der Waals surface area contributed by atoms with E-state index in [2.05, 4.69) is 20.1 Å². The maximum absolute atomic E-state index is 14.9. The summed E-state index contributed by atoms with van der Waals surface area (Å²) in [5, 5.41) is 19.8. The van der Waals surface area contributed by atoms with Gasteiger partial charge in [0.2, 0.25) is 0 Å². The first-order chi connectivity index (χ1) is 45.6. The Labute approximate surface area is 536 Å². The quantitative estimate of drug-likeness (QED) is 0.0150. The molecule has 3 heterocycles. The van der Waals surface area contributed by atoms with Gasteiger partial charge in [-0.2, -0.15) is 0 Å². The molecule has 0 bridgehead atoms. The van der Waals surface area contributed by atoms with Crippen molar-refractivity contribution in [1.29, 1.82) is 0 Å². The smallest absolute Gasteiger partial charge is 0.338 e. The summed E-state index contributed by atoms with van der Waals surface area (Å²) in [6.45, 7) is -1.12. The lowest BCUT2D eigenvalue weighted by Crippen LogP contribution is -2.68. The van der Waals surface area contributed by atoms with Crippen LogP contribution in [0.4, 0.5) is 0 Å². The number of ether oxygens (including phenoxy) is 14. The van der Waals surface area contributed by atoms with Crippen LogP contribution in [0.3, 0.4) is 0 Å². The number of rotatable bonds is 29. The van der Waals surface area contributed by atoms with E-state index in [0.29, 0.717) is 16.9 Å². The van der Waals surface area contributed by atoms with E-state index in [1.165, 1.54) is 12.1 Å². The van der Waals surface area contributed by atoms with Gasteiger partial charge in [0.05, 0.1) is 65.0 Å². The van der Waals surface area contributed by atoms with Gasteiger partial charge in [0, 0.05) is 9.82 Å². The standard InChI is InChI=1S/C69H70N6O18/c1-80-51-35-33-48(34-36-51)37-82-42-52-57(59(54(72-74-70)66(78)88-52)90-65(77)50-31-19-8-20-32-50)91-69-63(86-41-47-27-15-6-16-28-47)60(85-40-46-25-13-5-14-26-46)61(62(93-69)67(79)81-2)92-68-55(73-75-71)58(84-39-45-23-11-4-12-24-45)56(83-38-44-21-9-3-10-22-44)53(89-68)43-87-64(76)49-29-17-7-18-30-49/h3-36,52-63,66,68-69,78H,37-43H2,1-2H3/t52?,53?,54?,55?,56-,57-,58+,59+,60-,61+,62?,63?,66?,68-,69+/m0/s1. The van der Waals surface area contributed by atoms with Crippen molar-refractivity contribution in [2.75, 3.05) is 27.4 Å². The molecule has 0 saturated carbocycles. The van der Waals surface area contributed by atoms with E-state index in [1.54, 1.807) is 79.9 Å². The number of esters is 3. The van der Waals surface area contributed by atoms with Crippen LogP contribution in [0.1, 0.15) is 48.5 Å². The molecule has 3 fully saturated rings. The van der Waals surface area contributed by atoms with Crippen LogP contribution in [0.5, 0.6) is 5.75 Å². The number of hydrogen-bond acceptors (Lipinski definition) is 20. The summed E-state index contributed by atoms with van der Waals surface area (Å²) in [5.41, 5.74) is 24.5. The Morgan fingerprint density at radius 3 is 1.42 bits per heavy atom. The summed E-state index contributed by atoms with van der Waals surface area (Å²) >= 11 is 0. The molecule has 484 valence electrons. The number of carbonyl (C=O) groups is 3. The summed E-state index contributed by atoms with van der Waals surface area (Å²) in [6, 6.07) is 57.0. The zero-order valence-corrected chi connectivity index (χ0v) is 50.8. The fourth-order valence-electron chi connectivity index (χ4n) is 10.9. The molecule has 0 aromatic heterocycles. The molecule has 0 radical (unpaired) electrons. The van der Waals surface area contributed by atoms with Crippen molar-refractivity contribution < 1.29 is 85.8 Å². The van der Waals surface area contributed by atoms with Gasteiger partial charge >= 0.3 is 17.9 Å². The fourth-order valence-corrected chi connectivity index (χ4v) is 10.9. The van der Waals surface area contributed by atoms with Crippen LogP contribution in [0.2, 0.25) is 0 Å². The highest BCUT2D eigenvalue weighted by atomic mass is 16.8. The Morgan fingerprint density at radius 1 is 0.452 bits per heavy atom. The van der Waals surface area contributed by atoms with Gasteiger partial charge in [-0.05, 0) is 75.3 Å². The van der Waals surface area contributed by atoms with Crippen LogP contribution in [-0.2, 0) is 99.4 Å². The predicted molar refractivity (Wildman–Crippen MR) is 331 cm³/mol. The normalized spacial score (nSPS) is 25.9. The molecule has 1 N–H and O–H groups in total. The Bertz CT molecular complexity index is 3550. The van der Waals surface area contributed by atoms with Gasteiger partial charge in [-0.25, -0.2) is 14.4 Å². The predicted octanol–water partition coefficient (Wildman–Crippen LogP) is 10.1. The highest BCUT2D eigenvalue weighted by molar-refractivity contribution is 5.90. The first kappa shape index (κ1) is 66.8. The van der Waals surface area contributed by atoms with Crippen molar-refractivity contribution >= 4 is 17.9 Å². The molecule has 24 nitrogen and oxygen atoms in total. The molecular formula is C69H70N6O18. The molecule has 24 heteroatoms. The summed E-state index contributed by atoms with van der Waals surface area (Å²) in [6.07, 6.45) is -20.1. The first-order valence-electron chi connectivity index (χ1n) is 30.0. The van der Waals surface area contributed by atoms with Crippen molar-refractivity contribution in [2.45, 2.75) is 125 Å². The van der Waals surface area contributed by atoms with Crippen molar-refractivity contribution in [3.63, 3.8) is 0 Å². The van der Waals surface area contributed by atoms with Gasteiger partial charge in [-0.1, -0.05) is 180 Å².